The second kappa shape index (κ2) is 7.04. The van der Waals surface area contributed by atoms with Gasteiger partial charge in [0.15, 0.2) is 6.20 Å². The Hall–Kier alpha value is -3.12. The molecule has 5 rings (SSSR count). The number of hydrogen-bond acceptors (Lipinski definition) is 2. The van der Waals surface area contributed by atoms with Gasteiger partial charge < -0.3 is 4.42 Å². The highest BCUT2D eigenvalue weighted by molar-refractivity contribution is 6.12. The van der Waals surface area contributed by atoms with Gasteiger partial charge in [0.2, 0.25) is 5.69 Å². The maximum Gasteiger partial charge on any atom is 0.216 e. The van der Waals surface area contributed by atoms with Gasteiger partial charge >= 0.3 is 0 Å². The van der Waals surface area contributed by atoms with Crippen molar-refractivity contribution in [1.82, 2.24) is 0 Å². The van der Waals surface area contributed by atoms with Crippen LogP contribution >= 0.6 is 0 Å². The Morgan fingerprint density at radius 2 is 1.90 bits per heavy atom. The predicted octanol–water partition coefficient (Wildman–Crippen LogP) is 6.31. The van der Waals surface area contributed by atoms with E-state index in [9.17, 15) is 5.26 Å². The SMILES string of the molecule is Cc1ccc2c(oc3cc(C4CCCCC4)cc(C#N)c32)c1-c1cccc[n+]1C. The fourth-order valence-corrected chi connectivity index (χ4v) is 4.95. The summed E-state index contributed by atoms with van der Waals surface area (Å²) in [6, 6.07) is 17.2. The maximum atomic E-state index is 9.93. The summed E-state index contributed by atoms with van der Waals surface area (Å²) in [7, 11) is 2.05. The Balaban J connectivity index is 1.80. The molecule has 0 amide bonds. The zero-order valence-corrected chi connectivity index (χ0v) is 17.0. The standard InChI is InChI=1S/C26H25N2O/c1-17-11-12-21-25-20(16-27)14-19(18-8-4-3-5-9-18)15-23(25)29-26(21)24(17)22-10-6-7-13-28(22)2/h6-7,10-15,18H,3-5,8-9H2,1-2H3/q+1. The second-order valence-electron chi connectivity index (χ2n) is 8.32. The maximum absolute atomic E-state index is 9.93. The van der Waals surface area contributed by atoms with Crippen molar-refractivity contribution in [3.63, 3.8) is 0 Å². The number of nitrogens with zero attached hydrogens (tertiary/aromatic N) is 2. The molecule has 144 valence electrons. The van der Waals surface area contributed by atoms with E-state index in [-0.39, 0.29) is 0 Å². The quantitative estimate of drug-likeness (QED) is 0.382. The molecule has 0 bridgehead atoms. The first-order chi connectivity index (χ1) is 14.2. The van der Waals surface area contributed by atoms with Gasteiger partial charge in [-0.2, -0.15) is 5.26 Å². The Kier molecular flexibility index (Phi) is 4.36. The van der Waals surface area contributed by atoms with Crippen LogP contribution in [0.1, 0.15) is 54.7 Å². The first kappa shape index (κ1) is 17.9. The van der Waals surface area contributed by atoms with Crippen LogP contribution in [-0.4, -0.2) is 0 Å². The fraction of sp³-hybridized carbons (Fsp3) is 0.308. The lowest BCUT2D eigenvalue weighted by Gasteiger charge is -2.22. The molecule has 2 aromatic carbocycles. The highest BCUT2D eigenvalue weighted by Crippen LogP contribution is 2.41. The summed E-state index contributed by atoms with van der Waals surface area (Å²) >= 11 is 0. The smallest absolute Gasteiger partial charge is 0.216 e. The molecular formula is C26H25N2O+. The number of furan rings is 1. The zero-order valence-electron chi connectivity index (χ0n) is 17.0. The van der Waals surface area contributed by atoms with Gasteiger partial charge in [-0.3, -0.25) is 0 Å². The lowest BCUT2D eigenvalue weighted by molar-refractivity contribution is -0.660. The number of fused-ring (bicyclic) bond motifs is 3. The minimum Gasteiger partial charge on any atom is -0.455 e. The van der Waals surface area contributed by atoms with Crippen LogP contribution in [0, 0.1) is 18.3 Å². The van der Waals surface area contributed by atoms with Crippen molar-refractivity contribution >= 4 is 21.9 Å². The van der Waals surface area contributed by atoms with Crippen LogP contribution < -0.4 is 4.57 Å². The van der Waals surface area contributed by atoms with E-state index in [4.69, 9.17) is 4.42 Å². The van der Waals surface area contributed by atoms with Gasteiger partial charge in [-0.15, -0.1) is 0 Å². The van der Waals surface area contributed by atoms with Crippen molar-refractivity contribution in [3.05, 3.63) is 65.4 Å². The Bertz CT molecular complexity index is 1270. The topological polar surface area (TPSA) is 40.8 Å². The highest BCUT2D eigenvalue weighted by Gasteiger charge is 2.23. The van der Waals surface area contributed by atoms with E-state index in [1.54, 1.807) is 0 Å². The van der Waals surface area contributed by atoms with Crippen LogP contribution in [0.15, 0.2) is 53.1 Å². The molecule has 4 aromatic rings. The van der Waals surface area contributed by atoms with Gasteiger partial charge in [0.1, 0.15) is 18.2 Å². The summed E-state index contributed by atoms with van der Waals surface area (Å²) in [6.07, 6.45) is 8.35. The number of hydrogen-bond donors (Lipinski definition) is 0. The third-order valence-electron chi connectivity index (χ3n) is 6.48. The molecule has 1 saturated carbocycles. The minimum atomic E-state index is 0.543. The van der Waals surface area contributed by atoms with E-state index in [1.807, 2.05) is 6.07 Å². The van der Waals surface area contributed by atoms with E-state index >= 15 is 0 Å². The lowest BCUT2D eigenvalue weighted by Crippen LogP contribution is -2.30. The molecule has 0 atom stereocenters. The average molecular weight is 381 g/mol. The first-order valence-electron chi connectivity index (χ1n) is 10.5. The highest BCUT2D eigenvalue weighted by atomic mass is 16.3. The van der Waals surface area contributed by atoms with Crippen molar-refractivity contribution in [2.24, 2.45) is 7.05 Å². The second-order valence-corrected chi connectivity index (χ2v) is 8.32. The summed E-state index contributed by atoms with van der Waals surface area (Å²) < 4.78 is 8.60. The van der Waals surface area contributed by atoms with Crippen LogP contribution in [0.2, 0.25) is 0 Å². The van der Waals surface area contributed by atoms with Crippen molar-refractivity contribution in [2.75, 3.05) is 0 Å². The molecule has 3 nitrogen and oxygen atoms in total. The average Bonchev–Trinajstić information content (AvgIpc) is 3.13. The monoisotopic (exact) mass is 381 g/mol. The number of nitriles is 1. The number of pyridine rings is 1. The number of benzene rings is 2. The van der Waals surface area contributed by atoms with Gasteiger partial charge in [0, 0.05) is 22.9 Å². The van der Waals surface area contributed by atoms with Crippen molar-refractivity contribution in [1.29, 1.82) is 5.26 Å². The summed E-state index contributed by atoms with van der Waals surface area (Å²) in [5, 5.41) is 11.9. The molecule has 0 radical (unpaired) electrons. The molecule has 2 aromatic heterocycles. The van der Waals surface area contributed by atoms with E-state index in [0.717, 1.165) is 38.8 Å². The molecule has 0 saturated heterocycles. The molecule has 0 aliphatic heterocycles. The molecule has 2 heterocycles. The molecule has 0 spiro atoms. The van der Waals surface area contributed by atoms with E-state index < -0.39 is 0 Å². The van der Waals surface area contributed by atoms with Gasteiger partial charge in [0.05, 0.1) is 17.2 Å². The normalized spacial score (nSPS) is 15.1. The van der Waals surface area contributed by atoms with Crippen molar-refractivity contribution in [3.8, 4) is 17.3 Å². The van der Waals surface area contributed by atoms with Crippen LogP contribution in [0.3, 0.4) is 0 Å². The van der Waals surface area contributed by atoms with E-state index in [2.05, 4.69) is 67.2 Å². The molecule has 1 fully saturated rings. The largest absolute Gasteiger partial charge is 0.455 e. The van der Waals surface area contributed by atoms with Gasteiger partial charge in [-0.1, -0.05) is 31.4 Å². The third-order valence-corrected chi connectivity index (χ3v) is 6.48. The fourth-order valence-electron chi connectivity index (χ4n) is 4.95. The van der Waals surface area contributed by atoms with Crippen LogP contribution in [0.25, 0.3) is 33.2 Å². The molecule has 0 unspecified atom stereocenters. The summed E-state index contributed by atoms with van der Waals surface area (Å²) in [5.41, 5.74) is 7.09. The number of aromatic nitrogens is 1. The molecule has 0 N–H and O–H groups in total. The van der Waals surface area contributed by atoms with E-state index in [1.165, 1.54) is 43.2 Å². The predicted molar refractivity (Wildman–Crippen MR) is 116 cm³/mol. The van der Waals surface area contributed by atoms with Crippen LogP contribution in [-0.2, 0) is 7.05 Å². The zero-order chi connectivity index (χ0) is 20.0. The van der Waals surface area contributed by atoms with Crippen LogP contribution in [0.5, 0.6) is 0 Å². The molecule has 1 aliphatic rings. The molecular weight excluding hydrogens is 356 g/mol. The van der Waals surface area contributed by atoms with Crippen LogP contribution in [0.4, 0.5) is 0 Å². The van der Waals surface area contributed by atoms with Gasteiger partial charge in [-0.25, -0.2) is 4.57 Å². The Labute approximate surface area is 171 Å². The summed E-state index contributed by atoms with van der Waals surface area (Å²) in [4.78, 5) is 0. The first-order valence-corrected chi connectivity index (χ1v) is 10.5. The summed E-state index contributed by atoms with van der Waals surface area (Å²) in [6.45, 7) is 2.12. The number of aryl methyl sites for hydroxylation is 2. The minimum absolute atomic E-state index is 0.543. The Morgan fingerprint density at radius 1 is 1.07 bits per heavy atom. The Morgan fingerprint density at radius 3 is 2.66 bits per heavy atom. The van der Waals surface area contributed by atoms with Crippen molar-refractivity contribution < 1.29 is 8.98 Å². The van der Waals surface area contributed by atoms with E-state index in [0.29, 0.717) is 5.92 Å². The number of rotatable bonds is 2. The third kappa shape index (κ3) is 2.91. The summed E-state index contributed by atoms with van der Waals surface area (Å²) in [5.74, 6) is 0.543. The molecule has 29 heavy (non-hydrogen) atoms. The van der Waals surface area contributed by atoms with Crippen molar-refractivity contribution in [2.45, 2.75) is 44.9 Å². The molecule has 3 heteroatoms. The molecule has 1 aliphatic carbocycles. The van der Waals surface area contributed by atoms with Gasteiger partial charge in [0.25, 0.3) is 0 Å². The van der Waals surface area contributed by atoms with Gasteiger partial charge in [-0.05, 0) is 55.0 Å². The lowest BCUT2D eigenvalue weighted by atomic mass is 9.83.